The zero-order valence-electron chi connectivity index (χ0n) is 11.8. The molecule has 1 N–H and O–H groups in total. The monoisotopic (exact) mass is 306 g/mol. The van der Waals surface area contributed by atoms with Crippen LogP contribution in [0.25, 0.3) is 0 Å². The van der Waals surface area contributed by atoms with Gasteiger partial charge in [-0.15, -0.1) is 5.10 Å². The van der Waals surface area contributed by atoms with E-state index in [2.05, 4.69) is 10.2 Å². The summed E-state index contributed by atoms with van der Waals surface area (Å²) < 4.78 is 13.7. The van der Waals surface area contributed by atoms with E-state index in [0.717, 1.165) is 11.8 Å². The van der Waals surface area contributed by atoms with E-state index >= 15 is 0 Å². The van der Waals surface area contributed by atoms with Gasteiger partial charge in [-0.25, -0.2) is 9.18 Å². The van der Waals surface area contributed by atoms with Gasteiger partial charge in [0.25, 0.3) is 0 Å². The first-order chi connectivity index (χ1) is 10.1. The van der Waals surface area contributed by atoms with Crippen LogP contribution in [0.2, 0.25) is 0 Å². The lowest BCUT2D eigenvalue weighted by Crippen LogP contribution is -2.11. The Kier molecular flexibility index (Phi) is 4.90. The molecule has 1 aromatic heterocycles. The molecule has 0 aliphatic rings. The van der Waals surface area contributed by atoms with Crippen molar-refractivity contribution >= 4 is 17.7 Å². The van der Waals surface area contributed by atoms with Crippen molar-refractivity contribution in [1.29, 1.82) is 0 Å². The summed E-state index contributed by atoms with van der Waals surface area (Å²) in [5.41, 5.74) is 1.46. The van der Waals surface area contributed by atoms with E-state index in [-0.39, 0.29) is 10.6 Å². The van der Waals surface area contributed by atoms with Crippen LogP contribution in [-0.2, 0) is 12.8 Å². The number of carbonyl (C=O) groups is 1. The fraction of sp³-hybridized carbons (Fsp3) is 0.267. The number of halogens is 1. The van der Waals surface area contributed by atoms with Crippen LogP contribution < -0.4 is 0 Å². The zero-order valence-corrected chi connectivity index (χ0v) is 12.6. The topological polar surface area (TPSA) is 63.1 Å². The third-order valence-electron chi connectivity index (χ3n) is 3.07. The van der Waals surface area contributed by atoms with E-state index in [0.29, 0.717) is 29.0 Å². The number of carboxylic acid groups (broad SMARTS) is 1. The lowest BCUT2D eigenvalue weighted by molar-refractivity contribution is 0.0690. The largest absolute Gasteiger partial charge is 0.478 e. The second-order valence-electron chi connectivity index (χ2n) is 4.35. The van der Waals surface area contributed by atoms with Crippen molar-refractivity contribution in [3.63, 3.8) is 0 Å². The highest BCUT2D eigenvalue weighted by Gasteiger charge is 2.21. The van der Waals surface area contributed by atoms with Crippen molar-refractivity contribution in [1.82, 2.24) is 10.2 Å². The van der Waals surface area contributed by atoms with E-state index in [1.165, 1.54) is 6.07 Å². The smallest absolute Gasteiger partial charge is 0.338 e. The van der Waals surface area contributed by atoms with Crippen molar-refractivity contribution in [3.8, 4) is 0 Å². The highest BCUT2D eigenvalue weighted by Crippen LogP contribution is 2.32. The normalized spacial score (nSPS) is 10.6. The van der Waals surface area contributed by atoms with E-state index < -0.39 is 11.8 Å². The Hall–Kier alpha value is -1.95. The molecule has 2 aromatic rings. The van der Waals surface area contributed by atoms with Gasteiger partial charge < -0.3 is 5.11 Å². The van der Waals surface area contributed by atoms with E-state index in [4.69, 9.17) is 0 Å². The Balaban J connectivity index is 2.54. The molecule has 0 fully saturated rings. The molecule has 0 saturated carbocycles. The molecule has 0 aliphatic carbocycles. The Bertz CT molecular complexity index is 677. The van der Waals surface area contributed by atoms with E-state index in [1.807, 2.05) is 13.8 Å². The first-order valence-electron chi connectivity index (χ1n) is 6.62. The van der Waals surface area contributed by atoms with Gasteiger partial charge in [0.1, 0.15) is 10.8 Å². The molecule has 0 bridgehead atoms. The van der Waals surface area contributed by atoms with E-state index in [9.17, 15) is 14.3 Å². The molecule has 0 aliphatic heterocycles. The van der Waals surface area contributed by atoms with Crippen LogP contribution in [0.4, 0.5) is 4.39 Å². The third-order valence-corrected chi connectivity index (χ3v) is 4.10. The minimum absolute atomic E-state index is 0.123. The van der Waals surface area contributed by atoms with Crippen LogP contribution in [0, 0.1) is 5.82 Å². The van der Waals surface area contributed by atoms with Crippen molar-refractivity contribution < 1.29 is 14.3 Å². The third kappa shape index (κ3) is 3.21. The molecule has 0 saturated heterocycles. The highest BCUT2D eigenvalue weighted by atomic mass is 32.2. The summed E-state index contributed by atoms with van der Waals surface area (Å²) in [6, 6.07) is 6.20. The van der Waals surface area contributed by atoms with Gasteiger partial charge >= 0.3 is 5.97 Å². The molecule has 0 spiro atoms. The first-order valence-corrected chi connectivity index (χ1v) is 7.44. The first kappa shape index (κ1) is 15.4. The molecule has 1 aromatic carbocycles. The van der Waals surface area contributed by atoms with Crippen LogP contribution in [0.15, 0.2) is 34.2 Å². The van der Waals surface area contributed by atoms with E-state index in [1.54, 1.807) is 18.2 Å². The fourth-order valence-electron chi connectivity index (χ4n) is 2.08. The number of aromatic nitrogens is 2. The Morgan fingerprint density at radius 3 is 2.52 bits per heavy atom. The number of aryl methyl sites for hydroxylation is 1. The summed E-state index contributed by atoms with van der Waals surface area (Å²) in [5.74, 6) is -1.46. The second-order valence-corrected chi connectivity index (χ2v) is 5.38. The summed E-state index contributed by atoms with van der Waals surface area (Å²) in [7, 11) is 0. The maximum atomic E-state index is 13.7. The van der Waals surface area contributed by atoms with Gasteiger partial charge in [0.2, 0.25) is 0 Å². The molecule has 0 radical (unpaired) electrons. The average Bonchev–Trinajstić information content (AvgIpc) is 2.48. The summed E-state index contributed by atoms with van der Waals surface area (Å²) >= 11 is 0.988. The minimum Gasteiger partial charge on any atom is -0.478 e. The molecule has 6 heteroatoms. The summed E-state index contributed by atoms with van der Waals surface area (Å²) in [6.45, 7) is 3.78. The van der Waals surface area contributed by atoms with Gasteiger partial charge in [-0.3, -0.25) is 0 Å². The van der Waals surface area contributed by atoms with Crippen LogP contribution >= 0.6 is 11.8 Å². The van der Waals surface area contributed by atoms with Gasteiger partial charge in [-0.1, -0.05) is 37.7 Å². The lowest BCUT2D eigenvalue weighted by atomic mass is 10.0. The van der Waals surface area contributed by atoms with Crippen molar-refractivity contribution in [2.45, 2.75) is 36.6 Å². The van der Waals surface area contributed by atoms with Crippen LogP contribution in [0.5, 0.6) is 0 Å². The maximum Gasteiger partial charge on any atom is 0.338 e. The number of aromatic carboxylic acids is 1. The molecular formula is C15H15FN2O2S. The van der Waals surface area contributed by atoms with Crippen LogP contribution in [-0.4, -0.2) is 21.3 Å². The molecule has 0 amide bonds. The highest BCUT2D eigenvalue weighted by molar-refractivity contribution is 7.99. The lowest BCUT2D eigenvalue weighted by Gasteiger charge is -2.12. The number of benzene rings is 1. The number of carboxylic acids is 1. The molecule has 2 rings (SSSR count). The van der Waals surface area contributed by atoms with Crippen molar-refractivity contribution in [2.24, 2.45) is 0 Å². The molecule has 21 heavy (non-hydrogen) atoms. The van der Waals surface area contributed by atoms with Gasteiger partial charge in [0, 0.05) is 4.90 Å². The van der Waals surface area contributed by atoms with Gasteiger partial charge in [-0.2, -0.15) is 5.10 Å². The SMILES string of the molecule is CCc1nnc(Sc2ccccc2F)c(C(=O)O)c1CC. The summed E-state index contributed by atoms with van der Waals surface area (Å²) in [6.07, 6.45) is 1.16. The molecule has 0 atom stereocenters. The minimum atomic E-state index is -1.06. The van der Waals surface area contributed by atoms with Crippen molar-refractivity contribution in [3.05, 3.63) is 46.9 Å². The number of hydrogen-bond donors (Lipinski definition) is 1. The van der Waals surface area contributed by atoms with Crippen LogP contribution in [0.1, 0.15) is 35.5 Å². The predicted octanol–water partition coefficient (Wildman–Crippen LogP) is 3.59. The Labute approximate surface area is 126 Å². The summed E-state index contributed by atoms with van der Waals surface area (Å²) in [4.78, 5) is 11.9. The molecule has 110 valence electrons. The average molecular weight is 306 g/mol. The Morgan fingerprint density at radius 1 is 1.24 bits per heavy atom. The zero-order chi connectivity index (χ0) is 15.4. The van der Waals surface area contributed by atoms with Crippen LogP contribution in [0.3, 0.4) is 0 Å². The van der Waals surface area contributed by atoms with Crippen molar-refractivity contribution in [2.75, 3.05) is 0 Å². The maximum absolute atomic E-state index is 13.7. The Morgan fingerprint density at radius 2 is 1.95 bits per heavy atom. The second kappa shape index (κ2) is 6.67. The molecule has 0 unspecified atom stereocenters. The fourth-order valence-corrected chi connectivity index (χ4v) is 2.99. The molecule has 4 nitrogen and oxygen atoms in total. The number of rotatable bonds is 5. The predicted molar refractivity (Wildman–Crippen MR) is 78.3 cm³/mol. The van der Waals surface area contributed by atoms with Gasteiger partial charge in [0.15, 0.2) is 0 Å². The molecule has 1 heterocycles. The standard InChI is InChI=1S/C15H15FN2O2S/c1-3-9-11(4-2)17-18-14(13(9)15(19)20)21-12-8-6-5-7-10(12)16/h5-8H,3-4H2,1-2H3,(H,19,20). The molecular weight excluding hydrogens is 291 g/mol. The quantitative estimate of drug-likeness (QED) is 0.914. The van der Waals surface area contributed by atoms with Gasteiger partial charge in [-0.05, 0) is 30.5 Å². The number of hydrogen-bond acceptors (Lipinski definition) is 4. The summed E-state index contributed by atoms with van der Waals surface area (Å²) in [5, 5.41) is 17.8. The van der Waals surface area contributed by atoms with Gasteiger partial charge in [0.05, 0.1) is 11.3 Å². The number of nitrogens with zero attached hydrogens (tertiary/aromatic N) is 2.